The fourth-order valence-electron chi connectivity index (χ4n) is 3.93. The first kappa shape index (κ1) is 14.8. The summed E-state index contributed by atoms with van der Waals surface area (Å²) in [7, 11) is 2.15. The van der Waals surface area contributed by atoms with E-state index in [-0.39, 0.29) is 5.54 Å². The molecule has 0 aromatic heterocycles. The molecule has 0 spiro atoms. The molecule has 1 saturated carbocycles. The van der Waals surface area contributed by atoms with Gasteiger partial charge in [-0.15, -0.1) is 0 Å². The topological polar surface area (TPSA) is 43.8 Å². The lowest BCUT2D eigenvalue weighted by atomic mass is 9.71. The number of carboxylic acids is 1. The van der Waals surface area contributed by atoms with Gasteiger partial charge in [0.05, 0.1) is 6.42 Å². The van der Waals surface area contributed by atoms with Gasteiger partial charge in [0.1, 0.15) is 0 Å². The van der Waals surface area contributed by atoms with Gasteiger partial charge < -0.3 is 10.0 Å². The summed E-state index contributed by atoms with van der Waals surface area (Å²) in [6, 6.07) is 0. The molecule has 0 aromatic rings. The summed E-state index contributed by atoms with van der Waals surface area (Å²) in [5.41, 5.74) is -0.0635. The maximum Gasteiger partial charge on any atom is 0.305 e. The molecule has 0 bridgehead atoms. The quantitative estimate of drug-likeness (QED) is 0.847. The van der Waals surface area contributed by atoms with Crippen LogP contribution in [0.2, 0.25) is 0 Å². The summed E-state index contributed by atoms with van der Waals surface area (Å²) in [6.45, 7) is 6.43. The van der Waals surface area contributed by atoms with Crippen molar-refractivity contribution >= 4 is 5.97 Å². The van der Waals surface area contributed by atoms with E-state index in [1.807, 2.05) is 0 Å². The van der Waals surface area contributed by atoms with Crippen molar-refractivity contribution in [1.82, 2.24) is 9.80 Å². The first-order valence-corrected chi connectivity index (χ1v) is 7.71. The molecule has 19 heavy (non-hydrogen) atoms. The second-order valence-electron chi connectivity index (χ2n) is 6.46. The van der Waals surface area contributed by atoms with Crippen molar-refractivity contribution in [3.63, 3.8) is 0 Å². The molecule has 1 saturated heterocycles. The molecule has 0 amide bonds. The monoisotopic (exact) mass is 268 g/mol. The Kier molecular flexibility index (Phi) is 4.85. The van der Waals surface area contributed by atoms with Gasteiger partial charge in [-0.3, -0.25) is 9.69 Å². The van der Waals surface area contributed by atoms with Gasteiger partial charge in [-0.2, -0.15) is 0 Å². The van der Waals surface area contributed by atoms with Crippen molar-refractivity contribution in [3.8, 4) is 0 Å². The van der Waals surface area contributed by atoms with E-state index in [4.69, 9.17) is 0 Å². The van der Waals surface area contributed by atoms with Gasteiger partial charge in [-0.05, 0) is 25.8 Å². The number of hydrogen-bond donors (Lipinski definition) is 1. The summed E-state index contributed by atoms with van der Waals surface area (Å²) in [6.07, 6.45) is 6.14. The number of likely N-dealkylation sites (N-methyl/N-ethyl adjacent to an activating group) is 1. The Balaban J connectivity index is 2.11. The maximum atomic E-state index is 11.3. The fraction of sp³-hybridized carbons (Fsp3) is 0.933. The molecular weight excluding hydrogens is 240 g/mol. The van der Waals surface area contributed by atoms with Crippen LogP contribution in [0.5, 0.6) is 0 Å². The van der Waals surface area contributed by atoms with Crippen LogP contribution < -0.4 is 0 Å². The van der Waals surface area contributed by atoms with E-state index >= 15 is 0 Å². The molecule has 1 heterocycles. The van der Waals surface area contributed by atoms with Crippen molar-refractivity contribution in [2.75, 3.05) is 33.2 Å². The Hall–Kier alpha value is -0.610. The highest BCUT2D eigenvalue weighted by atomic mass is 16.4. The molecule has 1 aliphatic carbocycles. The molecule has 2 unspecified atom stereocenters. The molecule has 4 heteroatoms. The summed E-state index contributed by atoms with van der Waals surface area (Å²) in [5, 5.41) is 9.34. The van der Waals surface area contributed by atoms with E-state index in [1.165, 1.54) is 19.3 Å². The zero-order valence-corrected chi connectivity index (χ0v) is 12.4. The average molecular weight is 268 g/mol. The summed E-state index contributed by atoms with van der Waals surface area (Å²) >= 11 is 0. The third-order valence-electron chi connectivity index (χ3n) is 5.15. The number of hydrogen-bond acceptors (Lipinski definition) is 3. The van der Waals surface area contributed by atoms with Gasteiger partial charge in [0.2, 0.25) is 0 Å². The minimum Gasteiger partial charge on any atom is -0.481 e. The lowest BCUT2D eigenvalue weighted by Crippen LogP contribution is -2.58. The minimum atomic E-state index is -0.629. The maximum absolute atomic E-state index is 11.3. The molecule has 2 aliphatic rings. The molecule has 0 radical (unpaired) electrons. The van der Waals surface area contributed by atoms with Crippen LogP contribution in [0.25, 0.3) is 0 Å². The standard InChI is InChI=1S/C15H28N2O2/c1-3-13-5-4-6-15(11-13,12-14(18)19)17-9-7-16(2)8-10-17/h13H,3-12H2,1-2H3,(H,18,19). The predicted octanol–water partition coefficient (Wildman–Crippen LogP) is 2.05. The third-order valence-corrected chi connectivity index (χ3v) is 5.15. The average Bonchev–Trinajstić information content (AvgIpc) is 2.38. The minimum absolute atomic E-state index is 0.0635. The van der Waals surface area contributed by atoms with Crippen LogP contribution in [0.15, 0.2) is 0 Å². The Morgan fingerprint density at radius 3 is 2.58 bits per heavy atom. The molecule has 2 rings (SSSR count). The van der Waals surface area contributed by atoms with Gasteiger partial charge >= 0.3 is 5.97 Å². The molecule has 110 valence electrons. The van der Waals surface area contributed by atoms with E-state index in [1.54, 1.807) is 0 Å². The Morgan fingerprint density at radius 2 is 2.00 bits per heavy atom. The van der Waals surface area contributed by atoms with E-state index in [2.05, 4.69) is 23.8 Å². The lowest BCUT2D eigenvalue weighted by molar-refractivity contribution is -0.142. The number of piperazine rings is 1. The Bertz CT molecular complexity index is 313. The van der Waals surface area contributed by atoms with Crippen LogP contribution in [0.1, 0.15) is 45.4 Å². The summed E-state index contributed by atoms with van der Waals surface area (Å²) in [5.74, 6) is 0.0865. The van der Waals surface area contributed by atoms with Crippen LogP contribution in [0.4, 0.5) is 0 Å². The number of carboxylic acid groups (broad SMARTS) is 1. The van der Waals surface area contributed by atoms with Gasteiger partial charge in [-0.1, -0.05) is 26.2 Å². The van der Waals surface area contributed by atoms with Crippen molar-refractivity contribution in [2.24, 2.45) is 5.92 Å². The highest BCUT2D eigenvalue weighted by molar-refractivity contribution is 5.68. The zero-order valence-electron chi connectivity index (χ0n) is 12.4. The second kappa shape index (κ2) is 6.23. The molecular formula is C15H28N2O2. The molecule has 1 aliphatic heterocycles. The van der Waals surface area contributed by atoms with Crippen molar-refractivity contribution < 1.29 is 9.90 Å². The van der Waals surface area contributed by atoms with Crippen LogP contribution in [0.3, 0.4) is 0 Å². The van der Waals surface area contributed by atoms with Gasteiger partial charge in [0, 0.05) is 31.7 Å². The predicted molar refractivity (Wildman–Crippen MR) is 76.3 cm³/mol. The normalized spacial score (nSPS) is 34.3. The number of nitrogens with zero attached hydrogens (tertiary/aromatic N) is 2. The SMILES string of the molecule is CCC1CCCC(CC(=O)O)(N2CCN(C)CC2)C1. The summed E-state index contributed by atoms with van der Waals surface area (Å²) in [4.78, 5) is 16.2. The fourth-order valence-corrected chi connectivity index (χ4v) is 3.93. The smallest absolute Gasteiger partial charge is 0.305 e. The second-order valence-corrected chi connectivity index (χ2v) is 6.46. The van der Waals surface area contributed by atoms with Gasteiger partial charge in [0.25, 0.3) is 0 Å². The largest absolute Gasteiger partial charge is 0.481 e. The van der Waals surface area contributed by atoms with Gasteiger partial charge in [0.15, 0.2) is 0 Å². The van der Waals surface area contributed by atoms with Crippen molar-refractivity contribution in [2.45, 2.75) is 51.0 Å². The highest BCUT2D eigenvalue weighted by Crippen LogP contribution is 2.41. The van der Waals surface area contributed by atoms with Crippen molar-refractivity contribution in [3.05, 3.63) is 0 Å². The van der Waals surface area contributed by atoms with Gasteiger partial charge in [-0.25, -0.2) is 0 Å². The number of aliphatic carboxylic acids is 1. The highest BCUT2D eigenvalue weighted by Gasteiger charge is 2.43. The first-order chi connectivity index (χ1) is 9.05. The van der Waals surface area contributed by atoms with Crippen LogP contribution >= 0.6 is 0 Å². The number of carbonyl (C=O) groups is 1. The summed E-state index contributed by atoms with van der Waals surface area (Å²) < 4.78 is 0. The first-order valence-electron chi connectivity index (χ1n) is 7.71. The van der Waals surface area contributed by atoms with Crippen molar-refractivity contribution in [1.29, 1.82) is 0 Å². The van der Waals surface area contributed by atoms with E-state index in [0.29, 0.717) is 12.3 Å². The van der Waals surface area contributed by atoms with E-state index < -0.39 is 5.97 Å². The van der Waals surface area contributed by atoms with Crippen LogP contribution in [0, 0.1) is 5.92 Å². The van der Waals surface area contributed by atoms with E-state index in [9.17, 15) is 9.90 Å². The lowest BCUT2D eigenvalue weighted by Gasteiger charge is -2.50. The van der Waals surface area contributed by atoms with Crippen LogP contribution in [-0.2, 0) is 4.79 Å². The zero-order chi connectivity index (χ0) is 13.9. The molecule has 0 aromatic carbocycles. The Labute approximate surface area is 116 Å². The third kappa shape index (κ3) is 3.48. The molecule has 2 atom stereocenters. The Morgan fingerprint density at radius 1 is 1.32 bits per heavy atom. The van der Waals surface area contributed by atoms with E-state index in [0.717, 1.165) is 39.0 Å². The molecule has 2 fully saturated rings. The number of rotatable bonds is 4. The van der Waals surface area contributed by atoms with Crippen LogP contribution in [-0.4, -0.2) is 59.6 Å². The molecule has 1 N–H and O–H groups in total. The molecule has 4 nitrogen and oxygen atoms in total.